The van der Waals surface area contributed by atoms with Crippen molar-refractivity contribution in [2.45, 2.75) is 20.3 Å². The summed E-state index contributed by atoms with van der Waals surface area (Å²) in [6.07, 6.45) is 0.788. The van der Waals surface area contributed by atoms with Gasteiger partial charge >= 0.3 is 5.97 Å². The van der Waals surface area contributed by atoms with E-state index in [-0.39, 0.29) is 17.4 Å². The van der Waals surface area contributed by atoms with Gasteiger partial charge in [0.1, 0.15) is 0 Å². The molecule has 142 valence electrons. The molecule has 0 saturated carbocycles. The standard InChI is InChI=1S/C19H27N3O4/c1-3-21(4-2)17(23)14-20-9-6-10-22(12-11-20)18(24)15-7-5-8-16(13-15)19(25)26/h5,7-8,13H,3-4,6,9-12,14H2,1-2H3,(H,25,26). The van der Waals surface area contributed by atoms with Crippen LogP contribution in [0.25, 0.3) is 0 Å². The zero-order chi connectivity index (χ0) is 19.1. The van der Waals surface area contributed by atoms with Crippen molar-refractivity contribution >= 4 is 17.8 Å². The molecule has 0 atom stereocenters. The summed E-state index contributed by atoms with van der Waals surface area (Å²) in [6.45, 7) is 8.25. The molecule has 1 N–H and O–H groups in total. The van der Waals surface area contributed by atoms with E-state index < -0.39 is 5.97 Å². The number of carboxylic acids is 1. The smallest absolute Gasteiger partial charge is 0.335 e. The zero-order valence-corrected chi connectivity index (χ0v) is 15.5. The van der Waals surface area contributed by atoms with Gasteiger partial charge in [-0.05, 0) is 38.5 Å². The van der Waals surface area contributed by atoms with Gasteiger partial charge in [0.2, 0.25) is 5.91 Å². The molecule has 0 aromatic heterocycles. The van der Waals surface area contributed by atoms with E-state index in [9.17, 15) is 14.4 Å². The number of carbonyl (C=O) groups excluding carboxylic acids is 2. The number of nitrogens with zero attached hydrogens (tertiary/aromatic N) is 3. The molecular formula is C19H27N3O4. The third-order valence-electron chi connectivity index (χ3n) is 4.71. The third-order valence-corrected chi connectivity index (χ3v) is 4.71. The van der Waals surface area contributed by atoms with Gasteiger partial charge in [0.05, 0.1) is 12.1 Å². The van der Waals surface area contributed by atoms with Crippen molar-refractivity contribution < 1.29 is 19.5 Å². The van der Waals surface area contributed by atoms with E-state index in [2.05, 4.69) is 4.90 Å². The van der Waals surface area contributed by atoms with E-state index >= 15 is 0 Å². The second-order valence-electron chi connectivity index (χ2n) is 6.37. The Bertz CT molecular complexity index is 658. The maximum absolute atomic E-state index is 12.7. The highest BCUT2D eigenvalue weighted by molar-refractivity contribution is 5.97. The van der Waals surface area contributed by atoms with Gasteiger partial charge in [-0.1, -0.05) is 6.07 Å². The largest absolute Gasteiger partial charge is 0.478 e. The molecule has 0 unspecified atom stereocenters. The van der Waals surface area contributed by atoms with E-state index in [0.717, 1.165) is 13.0 Å². The second-order valence-corrected chi connectivity index (χ2v) is 6.37. The van der Waals surface area contributed by atoms with E-state index in [4.69, 9.17) is 5.11 Å². The van der Waals surface area contributed by atoms with Gasteiger partial charge < -0.3 is 14.9 Å². The van der Waals surface area contributed by atoms with E-state index in [1.54, 1.807) is 17.0 Å². The zero-order valence-electron chi connectivity index (χ0n) is 15.5. The van der Waals surface area contributed by atoms with E-state index in [1.807, 2.05) is 18.7 Å². The Balaban J connectivity index is 1.97. The molecule has 1 aromatic rings. The van der Waals surface area contributed by atoms with Crippen molar-refractivity contribution in [3.05, 3.63) is 35.4 Å². The van der Waals surface area contributed by atoms with Crippen LogP contribution in [0.1, 0.15) is 41.0 Å². The van der Waals surface area contributed by atoms with Crippen LogP contribution >= 0.6 is 0 Å². The number of likely N-dealkylation sites (N-methyl/N-ethyl adjacent to an activating group) is 1. The van der Waals surface area contributed by atoms with E-state index in [1.165, 1.54) is 12.1 Å². The first kappa shape index (κ1) is 19.9. The number of aromatic carboxylic acids is 1. The molecule has 7 nitrogen and oxygen atoms in total. The molecule has 0 bridgehead atoms. The summed E-state index contributed by atoms with van der Waals surface area (Å²) >= 11 is 0. The van der Waals surface area contributed by atoms with Gasteiger partial charge in [0.25, 0.3) is 5.91 Å². The van der Waals surface area contributed by atoms with Crippen LogP contribution in [0.5, 0.6) is 0 Å². The number of rotatable bonds is 6. The average molecular weight is 361 g/mol. The van der Waals surface area contributed by atoms with Crippen molar-refractivity contribution in [3.8, 4) is 0 Å². The SMILES string of the molecule is CCN(CC)C(=O)CN1CCCN(C(=O)c2cccc(C(=O)O)c2)CC1. The summed E-state index contributed by atoms with van der Waals surface area (Å²) in [5, 5.41) is 9.08. The highest BCUT2D eigenvalue weighted by Gasteiger charge is 2.23. The van der Waals surface area contributed by atoms with Crippen LogP contribution < -0.4 is 0 Å². The molecule has 1 fully saturated rings. The fourth-order valence-electron chi connectivity index (χ4n) is 3.17. The minimum Gasteiger partial charge on any atom is -0.478 e. The van der Waals surface area contributed by atoms with Crippen LogP contribution in [0.2, 0.25) is 0 Å². The molecule has 0 radical (unpaired) electrons. The first-order valence-corrected chi connectivity index (χ1v) is 9.09. The molecule has 0 spiro atoms. The number of hydrogen-bond acceptors (Lipinski definition) is 4. The van der Waals surface area contributed by atoms with Gasteiger partial charge in [0.15, 0.2) is 0 Å². The molecule has 1 saturated heterocycles. The lowest BCUT2D eigenvalue weighted by atomic mass is 10.1. The Morgan fingerprint density at radius 1 is 1.04 bits per heavy atom. The van der Waals surface area contributed by atoms with Crippen molar-refractivity contribution in [1.29, 1.82) is 0 Å². The van der Waals surface area contributed by atoms with Crippen LogP contribution in [-0.4, -0.2) is 83.4 Å². The van der Waals surface area contributed by atoms with Crippen molar-refractivity contribution in [1.82, 2.24) is 14.7 Å². The minimum atomic E-state index is -1.04. The lowest BCUT2D eigenvalue weighted by Crippen LogP contribution is -2.42. The van der Waals surface area contributed by atoms with Gasteiger partial charge in [-0.15, -0.1) is 0 Å². The highest BCUT2D eigenvalue weighted by Crippen LogP contribution is 2.12. The van der Waals surface area contributed by atoms with E-state index in [0.29, 0.717) is 44.8 Å². The van der Waals surface area contributed by atoms with Gasteiger partial charge in [0, 0.05) is 44.8 Å². The summed E-state index contributed by atoms with van der Waals surface area (Å²) in [5.41, 5.74) is 0.495. The molecule has 1 aliphatic heterocycles. The van der Waals surface area contributed by atoms with Crippen LogP contribution in [0, 0.1) is 0 Å². The fourth-order valence-corrected chi connectivity index (χ4v) is 3.17. The molecule has 2 amide bonds. The number of amides is 2. The van der Waals surface area contributed by atoms with Crippen molar-refractivity contribution in [3.63, 3.8) is 0 Å². The van der Waals surface area contributed by atoms with Crippen LogP contribution in [0.4, 0.5) is 0 Å². The highest BCUT2D eigenvalue weighted by atomic mass is 16.4. The lowest BCUT2D eigenvalue weighted by Gasteiger charge is -2.25. The van der Waals surface area contributed by atoms with Gasteiger partial charge in [-0.25, -0.2) is 4.79 Å². The average Bonchev–Trinajstić information content (AvgIpc) is 2.87. The molecular weight excluding hydrogens is 334 g/mol. The topological polar surface area (TPSA) is 81.2 Å². The minimum absolute atomic E-state index is 0.108. The summed E-state index contributed by atoms with van der Waals surface area (Å²) in [5.74, 6) is -1.09. The Hall–Kier alpha value is -2.41. The third kappa shape index (κ3) is 5.05. The second kappa shape index (κ2) is 9.33. The molecule has 2 rings (SSSR count). The first-order valence-electron chi connectivity index (χ1n) is 9.09. The normalized spacial score (nSPS) is 15.4. The fraction of sp³-hybridized carbons (Fsp3) is 0.526. The van der Waals surface area contributed by atoms with Crippen LogP contribution in [0.15, 0.2) is 24.3 Å². The van der Waals surface area contributed by atoms with Crippen molar-refractivity contribution in [2.75, 3.05) is 45.8 Å². The monoisotopic (exact) mass is 361 g/mol. The van der Waals surface area contributed by atoms with Gasteiger partial charge in [-0.3, -0.25) is 14.5 Å². The Kier molecular flexibility index (Phi) is 7.15. The Labute approximate surface area is 154 Å². The molecule has 1 aromatic carbocycles. The molecule has 1 heterocycles. The summed E-state index contributed by atoms with van der Waals surface area (Å²) in [7, 11) is 0. The maximum Gasteiger partial charge on any atom is 0.335 e. The predicted octanol–water partition coefficient (Wildman–Crippen LogP) is 1.40. The summed E-state index contributed by atoms with van der Waals surface area (Å²) in [4.78, 5) is 41.7. The molecule has 1 aliphatic rings. The summed E-state index contributed by atoms with van der Waals surface area (Å²) < 4.78 is 0. The Morgan fingerprint density at radius 2 is 1.73 bits per heavy atom. The molecule has 0 aliphatic carbocycles. The Morgan fingerprint density at radius 3 is 2.38 bits per heavy atom. The molecule has 7 heteroatoms. The van der Waals surface area contributed by atoms with Crippen molar-refractivity contribution in [2.24, 2.45) is 0 Å². The van der Waals surface area contributed by atoms with Gasteiger partial charge in [-0.2, -0.15) is 0 Å². The quantitative estimate of drug-likeness (QED) is 0.828. The number of carboxylic acid groups (broad SMARTS) is 1. The van der Waals surface area contributed by atoms with Crippen LogP contribution in [0.3, 0.4) is 0 Å². The van der Waals surface area contributed by atoms with Crippen LogP contribution in [-0.2, 0) is 4.79 Å². The maximum atomic E-state index is 12.7. The number of hydrogen-bond donors (Lipinski definition) is 1. The summed E-state index contributed by atoms with van der Waals surface area (Å²) in [6, 6.07) is 6.12. The first-order chi connectivity index (χ1) is 12.5. The lowest BCUT2D eigenvalue weighted by molar-refractivity contribution is -0.132. The predicted molar refractivity (Wildman–Crippen MR) is 98.3 cm³/mol. The number of benzene rings is 1. The molecule has 26 heavy (non-hydrogen) atoms. The number of carbonyl (C=O) groups is 3.